The molecule has 0 heterocycles. The summed E-state index contributed by atoms with van der Waals surface area (Å²) in [5, 5.41) is 29.8. The van der Waals surface area contributed by atoms with Gasteiger partial charge in [0, 0.05) is 0 Å². The zero-order valence-electron chi connectivity index (χ0n) is 64.6. The van der Waals surface area contributed by atoms with Crippen LogP contribution < -0.4 is 20.7 Å². The number of hydrogen-bond donors (Lipinski definition) is 0. The summed E-state index contributed by atoms with van der Waals surface area (Å²) in [6.45, 7) is 46.6. The van der Waals surface area contributed by atoms with E-state index in [1.807, 2.05) is 0 Å². The summed E-state index contributed by atoms with van der Waals surface area (Å²) >= 11 is 0. The molecule has 8 unspecified atom stereocenters. The van der Waals surface area contributed by atoms with Gasteiger partial charge in [-0.15, -0.1) is 20.6 Å². The molecule has 4 fully saturated rings. The maximum atomic E-state index is 5.68. The van der Waals surface area contributed by atoms with Crippen LogP contribution >= 0.6 is 0 Å². The van der Waals surface area contributed by atoms with Crippen molar-refractivity contribution < 1.29 is 21.7 Å². The summed E-state index contributed by atoms with van der Waals surface area (Å²) in [4.78, 5) is 0. The molecule has 8 atom stereocenters. The van der Waals surface area contributed by atoms with Crippen LogP contribution in [0.25, 0.3) is 21.3 Å². The van der Waals surface area contributed by atoms with E-state index in [9.17, 15) is 0 Å². The quantitative estimate of drug-likeness (QED) is 0.100. The summed E-state index contributed by atoms with van der Waals surface area (Å²) in [6.07, 6.45) is 36.2. The van der Waals surface area contributed by atoms with E-state index in [0.29, 0.717) is 0 Å². The van der Waals surface area contributed by atoms with E-state index >= 15 is 0 Å². The fourth-order valence-corrected chi connectivity index (χ4v) is 31.6. The minimum absolute atomic E-state index is 0. The Kier molecular flexibility index (Phi) is 27.0. The third kappa shape index (κ3) is 17.3. The normalized spacial score (nSPS) is 27.7. The van der Waals surface area contributed by atoms with Crippen LogP contribution in [0.5, 0.6) is 0 Å². The molecule has 0 spiro atoms. The Hall–Kier alpha value is -3.78. The minimum Gasteiger partial charge on any atom is -0.647 e. The van der Waals surface area contributed by atoms with Crippen molar-refractivity contribution in [2.24, 2.45) is 0 Å². The van der Waals surface area contributed by atoms with Gasteiger partial charge in [-0.2, -0.15) is 0 Å². The van der Waals surface area contributed by atoms with Gasteiger partial charge in [0.1, 0.15) is 0 Å². The smallest absolute Gasteiger partial charge is 0.647 e. The van der Waals surface area contributed by atoms with E-state index in [1.54, 1.807) is 20.7 Å². The van der Waals surface area contributed by atoms with E-state index in [4.69, 9.17) is 21.3 Å². The average molecular weight is 1400 g/mol. The van der Waals surface area contributed by atoms with Crippen LogP contribution in [-0.2, 0) is 21.7 Å². The molecule has 4 saturated carbocycles. The van der Waals surface area contributed by atoms with Gasteiger partial charge in [-0.05, 0) is 83.1 Å². The van der Waals surface area contributed by atoms with Crippen molar-refractivity contribution in [2.75, 3.05) is 0 Å². The first kappa shape index (κ1) is 78.9. The fraction of sp³-hybridized carbons (Fsp3) is 0.545. The second-order valence-corrected chi connectivity index (χ2v) is 45.3. The number of allylic oxidation sites excluding steroid dienone is 8. The van der Waals surface area contributed by atoms with Gasteiger partial charge in [0.2, 0.25) is 0 Å². The van der Waals surface area contributed by atoms with Gasteiger partial charge in [-0.1, -0.05) is 438 Å². The van der Waals surface area contributed by atoms with E-state index in [0.717, 1.165) is 0 Å². The monoisotopic (exact) mass is 1400 g/mol. The minimum atomic E-state index is -1.16. The van der Waals surface area contributed by atoms with Crippen LogP contribution in [0, 0.1) is 0 Å². The SMILES string of the molecule is CC1=CC(C)([N-]C2([SiH](C)c3ccccc3)CCCCC2)C(C)=C1C.CC1=CC(C)([N-]C2([SiH](C)c3ccccc3)CCCCC2)C(C)=C1C.CC1=CC(C)([N-]C2([SiH](C)c3ccccc3)CCCCC2)C(C)=C1C.CC1=CC(C)([N-]C2([SiH](C)c3ccccc3)CCCCC2)C(C)=C1C.[Ti+4]. The van der Waals surface area contributed by atoms with E-state index < -0.39 is 35.2 Å². The summed E-state index contributed by atoms with van der Waals surface area (Å²) < 4.78 is 0. The van der Waals surface area contributed by atoms with Gasteiger partial charge in [0.15, 0.2) is 0 Å². The molecule has 4 nitrogen and oxygen atoms in total. The van der Waals surface area contributed by atoms with Crippen LogP contribution in [0.2, 0.25) is 26.2 Å². The molecule has 520 valence electrons. The van der Waals surface area contributed by atoms with Crippen molar-refractivity contribution in [2.45, 2.75) is 308 Å². The molecule has 0 amide bonds. The van der Waals surface area contributed by atoms with Gasteiger partial charge in [-0.25, -0.2) is 0 Å². The molecule has 0 N–H and O–H groups in total. The third-order valence-electron chi connectivity index (χ3n) is 26.8. The molecular weight excluding hydrogens is 1270 g/mol. The third-order valence-corrected chi connectivity index (χ3v) is 41.6. The van der Waals surface area contributed by atoms with Crippen LogP contribution in [0.1, 0.15) is 239 Å². The molecule has 8 aliphatic rings. The first-order valence-electron chi connectivity index (χ1n) is 38.2. The Bertz CT molecular complexity index is 3090. The van der Waals surface area contributed by atoms with Crippen molar-refractivity contribution in [3.05, 3.63) is 234 Å². The summed E-state index contributed by atoms with van der Waals surface area (Å²) in [7, 11) is -4.66. The Morgan fingerprint density at radius 3 is 0.536 bits per heavy atom. The summed E-state index contributed by atoms with van der Waals surface area (Å²) in [6, 6.07) is 44.9. The van der Waals surface area contributed by atoms with E-state index in [-0.39, 0.29) is 64.5 Å². The molecule has 0 aliphatic heterocycles. The van der Waals surface area contributed by atoms with Crippen LogP contribution in [0.3, 0.4) is 0 Å². The van der Waals surface area contributed by atoms with Crippen molar-refractivity contribution in [3.63, 3.8) is 0 Å². The van der Waals surface area contributed by atoms with Crippen molar-refractivity contribution in [1.29, 1.82) is 0 Å². The average Bonchev–Trinajstić information content (AvgIpc) is 1.75. The Morgan fingerprint density at radius 1 is 0.247 bits per heavy atom. The van der Waals surface area contributed by atoms with Crippen LogP contribution in [0.15, 0.2) is 213 Å². The standard InChI is InChI=1S/4C22H32NSi.Ti/c4*1-17-16-21(4,19(3)18(17)2)23-22(14-10-7-11-15-22)24(5)20-12-8-6-9-13-20;/h4*6,8-9,12-13,16,24H,7,10-11,14-15H2,1-5H3;/q4*-1;+4. The van der Waals surface area contributed by atoms with Gasteiger partial charge in [0.05, 0.1) is 35.2 Å². The summed E-state index contributed by atoms with van der Waals surface area (Å²) in [5.74, 6) is 0. The van der Waals surface area contributed by atoms with Gasteiger partial charge in [0.25, 0.3) is 0 Å². The second-order valence-electron chi connectivity index (χ2n) is 32.5. The molecule has 12 rings (SSSR count). The Labute approximate surface area is 615 Å². The molecule has 0 radical (unpaired) electrons. The number of nitrogens with zero attached hydrogens (tertiary/aromatic N) is 4. The number of benzene rings is 4. The molecule has 4 aromatic rings. The predicted octanol–water partition coefficient (Wildman–Crippen LogP) is 21.7. The molecule has 0 saturated heterocycles. The first-order valence-corrected chi connectivity index (χ1v) is 47.4. The fourth-order valence-electron chi connectivity index (χ4n) is 19.0. The predicted molar refractivity (Wildman–Crippen MR) is 435 cm³/mol. The molecule has 8 aliphatic carbocycles. The molecule has 0 bridgehead atoms. The molecule has 97 heavy (non-hydrogen) atoms. The zero-order chi connectivity index (χ0) is 69.5. The topological polar surface area (TPSA) is 56.4 Å². The van der Waals surface area contributed by atoms with Gasteiger partial charge < -0.3 is 21.3 Å². The number of hydrogen-bond acceptors (Lipinski definition) is 0. The van der Waals surface area contributed by atoms with E-state index in [2.05, 4.69) is 283 Å². The summed E-state index contributed by atoms with van der Waals surface area (Å²) in [5.41, 5.74) is 16.9. The van der Waals surface area contributed by atoms with Crippen molar-refractivity contribution in [3.8, 4) is 0 Å². The Balaban J connectivity index is 0.000000165. The van der Waals surface area contributed by atoms with Crippen molar-refractivity contribution in [1.82, 2.24) is 0 Å². The maximum absolute atomic E-state index is 5.68. The maximum Gasteiger partial charge on any atom is 4.00 e. The molecule has 9 heteroatoms. The first-order chi connectivity index (χ1) is 45.5. The number of rotatable bonds is 16. The molecule has 4 aromatic carbocycles. The molecular formula is C88H128N4Si4Ti. The molecule has 0 aromatic heterocycles. The van der Waals surface area contributed by atoms with Gasteiger partial charge in [-0.3, -0.25) is 0 Å². The van der Waals surface area contributed by atoms with Crippen LogP contribution in [-0.4, -0.2) is 78.0 Å². The zero-order valence-corrected chi connectivity index (χ0v) is 70.8. The Morgan fingerprint density at radius 2 is 0.402 bits per heavy atom. The van der Waals surface area contributed by atoms with E-state index in [1.165, 1.54) is 195 Å². The largest absolute Gasteiger partial charge is 4.00 e. The van der Waals surface area contributed by atoms with Crippen molar-refractivity contribution >= 4 is 55.9 Å². The van der Waals surface area contributed by atoms with Crippen LogP contribution in [0.4, 0.5) is 0 Å². The van der Waals surface area contributed by atoms with Gasteiger partial charge >= 0.3 is 21.7 Å². The second kappa shape index (κ2) is 33.1.